The van der Waals surface area contributed by atoms with Gasteiger partial charge in [-0.05, 0) is 42.9 Å². The van der Waals surface area contributed by atoms with Gasteiger partial charge in [0.05, 0.1) is 0 Å². The number of allylic oxidation sites excluding steroid dienone is 1. The number of likely N-dealkylation sites (tertiary alicyclic amines) is 1. The van der Waals surface area contributed by atoms with Gasteiger partial charge in [0.2, 0.25) is 11.8 Å². The SMILES string of the molecule is C/C(=C\C(=O)N1CCC(CC(N)=O)CC1)c1ccccc1Cl. The lowest BCUT2D eigenvalue weighted by molar-refractivity contribution is -0.127. The highest BCUT2D eigenvalue weighted by Gasteiger charge is 2.23. The standard InChI is InChI=1S/C17H21ClN2O2/c1-12(14-4-2-3-5-15(14)18)10-17(22)20-8-6-13(7-9-20)11-16(19)21/h2-5,10,13H,6-9,11H2,1H3,(H2,19,21)/b12-10+. The highest BCUT2D eigenvalue weighted by atomic mass is 35.5. The first-order valence-electron chi connectivity index (χ1n) is 7.47. The molecule has 4 nitrogen and oxygen atoms in total. The van der Waals surface area contributed by atoms with Crippen LogP contribution >= 0.6 is 11.6 Å². The van der Waals surface area contributed by atoms with Crippen LogP contribution in [0.4, 0.5) is 0 Å². The second-order valence-electron chi connectivity index (χ2n) is 5.75. The average molecular weight is 321 g/mol. The zero-order chi connectivity index (χ0) is 16.1. The smallest absolute Gasteiger partial charge is 0.246 e. The molecule has 1 heterocycles. The minimum atomic E-state index is -0.265. The van der Waals surface area contributed by atoms with Crippen molar-refractivity contribution in [3.05, 3.63) is 40.9 Å². The van der Waals surface area contributed by atoms with Gasteiger partial charge in [-0.3, -0.25) is 9.59 Å². The van der Waals surface area contributed by atoms with E-state index >= 15 is 0 Å². The van der Waals surface area contributed by atoms with Gasteiger partial charge in [0.25, 0.3) is 0 Å². The maximum Gasteiger partial charge on any atom is 0.246 e. The molecule has 0 unspecified atom stereocenters. The van der Waals surface area contributed by atoms with Crippen LogP contribution in [0.1, 0.15) is 31.7 Å². The van der Waals surface area contributed by atoms with Gasteiger partial charge < -0.3 is 10.6 Å². The summed E-state index contributed by atoms with van der Waals surface area (Å²) >= 11 is 6.15. The molecular formula is C17H21ClN2O2. The zero-order valence-corrected chi connectivity index (χ0v) is 13.5. The maximum absolute atomic E-state index is 12.3. The van der Waals surface area contributed by atoms with Gasteiger partial charge in [-0.25, -0.2) is 0 Å². The molecule has 1 aliphatic rings. The van der Waals surface area contributed by atoms with Crippen LogP contribution in [0.3, 0.4) is 0 Å². The van der Waals surface area contributed by atoms with E-state index in [0.29, 0.717) is 30.5 Å². The summed E-state index contributed by atoms with van der Waals surface area (Å²) in [6, 6.07) is 7.48. The number of rotatable bonds is 4. The lowest BCUT2D eigenvalue weighted by atomic mass is 9.93. The van der Waals surface area contributed by atoms with Gasteiger partial charge in [-0.1, -0.05) is 29.8 Å². The fourth-order valence-corrected chi connectivity index (χ4v) is 3.06. The molecule has 2 amide bonds. The molecule has 0 radical (unpaired) electrons. The maximum atomic E-state index is 12.3. The minimum absolute atomic E-state index is 0.00468. The summed E-state index contributed by atoms with van der Waals surface area (Å²) in [5, 5.41) is 0.643. The number of amides is 2. The van der Waals surface area contributed by atoms with Crippen molar-refractivity contribution < 1.29 is 9.59 Å². The molecule has 1 fully saturated rings. The molecule has 0 bridgehead atoms. The van der Waals surface area contributed by atoms with Gasteiger partial charge in [-0.2, -0.15) is 0 Å². The van der Waals surface area contributed by atoms with Crippen LogP contribution in [0.25, 0.3) is 5.57 Å². The molecule has 1 aromatic rings. The topological polar surface area (TPSA) is 63.4 Å². The van der Waals surface area contributed by atoms with E-state index < -0.39 is 0 Å². The van der Waals surface area contributed by atoms with E-state index in [-0.39, 0.29) is 11.8 Å². The number of nitrogens with zero attached hydrogens (tertiary/aromatic N) is 1. The van der Waals surface area contributed by atoms with Gasteiger partial charge >= 0.3 is 0 Å². The lowest BCUT2D eigenvalue weighted by Gasteiger charge is -2.31. The van der Waals surface area contributed by atoms with Crippen molar-refractivity contribution in [1.82, 2.24) is 4.90 Å². The molecule has 1 aliphatic heterocycles. The Morgan fingerprint density at radius 3 is 2.55 bits per heavy atom. The normalized spacial score (nSPS) is 16.6. The molecule has 118 valence electrons. The fourth-order valence-electron chi connectivity index (χ4n) is 2.78. The summed E-state index contributed by atoms with van der Waals surface area (Å²) in [7, 11) is 0. The number of nitrogens with two attached hydrogens (primary N) is 1. The number of hydrogen-bond acceptors (Lipinski definition) is 2. The Morgan fingerprint density at radius 2 is 1.95 bits per heavy atom. The van der Waals surface area contributed by atoms with Crippen LogP contribution in [0.5, 0.6) is 0 Å². The van der Waals surface area contributed by atoms with Crippen molar-refractivity contribution in [1.29, 1.82) is 0 Å². The van der Waals surface area contributed by atoms with Crippen LogP contribution in [-0.4, -0.2) is 29.8 Å². The second-order valence-corrected chi connectivity index (χ2v) is 6.15. The Hall–Kier alpha value is -1.81. The Kier molecular flexibility index (Phi) is 5.61. The molecule has 0 saturated carbocycles. The first-order chi connectivity index (χ1) is 10.5. The number of primary amides is 1. The molecule has 1 saturated heterocycles. The van der Waals surface area contributed by atoms with Crippen molar-refractivity contribution >= 4 is 29.0 Å². The number of benzene rings is 1. The van der Waals surface area contributed by atoms with Crippen LogP contribution in [0.2, 0.25) is 5.02 Å². The molecular weight excluding hydrogens is 300 g/mol. The molecule has 2 N–H and O–H groups in total. The predicted octanol–water partition coefficient (Wildman–Crippen LogP) is 2.86. The molecule has 0 aromatic heterocycles. The fraction of sp³-hybridized carbons (Fsp3) is 0.412. The summed E-state index contributed by atoms with van der Waals surface area (Å²) in [4.78, 5) is 25.1. The molecule has 5 heteroatoms. The van der Waals surface area contributed by atoms with Gasteiger partial charge in [0, 0.05) is 30.6 Å². The van der Waals surface area contributed by atoms with E-state index in [1.54, 1.807) is 6.08 Å². The van der Waals surface area contributed by atoms with Gasteiger partial charge in [0.15, 0.2) is 0 Å². The van der Waals surface area contributed by atoms with E-state index in [1.165, 1.54) is 0 Å². The Labute approximate surface area is 135 Å². The quantitative estimate of drug-likeness (QED) is 0.867. The summed E-state index contributed by atoms with van der Waals surface area (Å²) < 4.78 is 0. The molecule has 0 spiro atoms. The van der Waals surface area contributed by atoms with Crippen molar-refractivity contribution in [2.24, 2.45) is 11.7 Å². The number of carbonyl (C=O) groups excluding carboxylic acids is 2. The van der Waals surface area contributed by atoms with Crippen molar-refractivity contribution in [2.75, 3.05) is 13.1 Å². The third kappa shape index (κ3) is 4.34. The summed E-state index contributed by atoms with van der Waals surface area (Å²) in [5.74, 6) is 0.0318. The Balaban J connectivity index is 1.97. The Bertz CT molecular complexity index is 590. The summed E-state index contributed by atoms with van der Waals surface area (Å²) in [6.45, 7) is 3.23. The van der Waals surface area contributed by atoms with E-state index in [4.69, 9.17) is 17.3 Å². The molecule has 0 atom stereocenters. The highest BCUT2D eigenvalue weighted by molar-refractivity contribution is 6.32. The average Bonchev–Trinajstić information content (AvgIpc) is 2.47. The van der Waals surface area contributed by atoms with Crippen molar-refractivity contribution in [3.8, 4) is 0 Å². The lowest BCUT2D eigenvalue weighted by Crippen LogP contribution is -2.38. The third-order valence-corrected chi connectivity index (χ3v) is 4.38. The van der Waals surface area contributed by atoms with Crippen LogP contribution in [0, 0.1) is 5.92 Å². The number of piperidine rings is 1. The number of halogens is 1. The summed E-state index contributed by atoms with van der Waals surface area (Å²) in [5.41, 5.74) is 6.95. The third-order valence-electron chi connectivity index (χ3n) is 4.05. The van der Waals surface area contributed by atoms with E-state index in [0.717, 1.165) is 24.0 Å². The van der Waals surface area contributed by atoms with Crippen LogP contribution in [0.15, 0.2) is 30.3 Å². The predicted molar refractivity (Wildman–Crippen MR) is 88.2 cm³/mol. The number of hydrogen-bond donors (Lipinski definition) is 1. The van der Waals surface area contributed by atoms with E-state index in [9.17, 15) is 9.59 Å². The highest BCUT2D eigenvalue weighted by Crippen LogP contribution is 2.24. The molecule has 1 aromatic carbocycles. The van der Waals surface area contributed by atoms with E-state index in [1.807, 2.05) is 36.1 Å². The minimum Gasteiger partial charge on any atom is -0.370 e. The van der Waals surface area contributed by atoms with Crippen molar-refractivity contribution in [3.63, 3.8) is 0 Å². The molecule has 0 aliphatic carbocycles. The van der Waals surface area contributed by atoms with Crippen LogP contribution < -0.4 is 5.73 Å². The van der Waals surface area contributed by atoms with Crippen molar-refractivity contribution in [2.45, 2.75) is 26.2 Å². The largest absolute Gasteiger partial charge is 0.370 e. The van der Waals surface area contributed by atoms with Crippen LogP contribution in [-0.2, 0) is 9.59 Å². The first-order valence-corrected chi connectivity index (χ1v) is 7.85. The van der Waals surface area contributed by atoms with Gasteiger partial charge in [0.1, 0.15) is 0 Å². The van der Waals surface area contributed by atoms with Gasteiger partial charge in [-0.15, -0.1) is 0 Å². The molecule has 2 rings (SSSR count). The Morgan fingerprint density at radius 1 is 1.32 bits per heavy atom. The second kappa shape index (κ2) is 7.45. The monoisotopic (exact) mass is 320 g/mol. The van der Waals surface area contributed by atoms with E-state index in [2.05, 4.69) is 0 Å². The zero-order valence-electron chi connectivity index (χ0n) is 12.7. The summed E-state index contributed by atoms with van der Waals surface area (Å²) in [6.07, 6.45) is 3.70. The number of carbonyl (C=O) groups is 2. The molecule has 22 heavy (non-hydrogen) atoms. The first kappa shape index (κ1) is 16.6.